The Hall–Kier alpha value is -1.16. The van der Waals surface area contributed by atoms with Crippen molar-refractivity contribution in [2.75, 3.05) is 31.1 Å². The first-order chi connectivity index (χ1) is 8.83. The number of rotatable bonds is 1. The Balaban J connectivity index is 0.000000574. The average Bonchev–Trinajstić information content (AvgIpc) is 2.89. The van der Waals surface area contributed by atoms with Gasteiger partial charge in [-0.25, -0.2) is 9.97 Å². The van der Waals surface area contributed by atoms with Crippen molar-refractivity contribution in [2.24, 2.45) is 0 Å². The van der Waals surface area contributed by atoms with Crippen LogP contribution in [0.15, 0.2) is 12.4 Å². The molecule has 1 aromatic rings. The zero-order valence-electron chi connectivity index (χ0n) is 11.8. The van der Waals surface area contributed by atoms with Gasteiger partial charge in [-0.05, 0) is 31.9 Å². The van der Waals surface area contributed by atoms with Crippen molar-refractivity contribution >= 4 is 5.95 Å². The second-order valence-electron chi connectivity index (χ2n) is 4.84. The molecule has 3 rings (SSSR count). The Morgan fingerprint density at radius 3 is 2.56 bits per heavy atom. The lowest BCUT2D eigenvalue weighted by molar-refractivity contribution is 0.229. The van der Waals surface area contributed by atoms with E-state index in [-0.39, 0.29) is 0 Å². The van der Waals surface area contributed by atoms with Gasteiger partial charge < -0.3 is 4.90 Å². The number of aryl methyl sites for hydroxylation is 1. The Morgan fingerprint density at radius 1 is 1.11 bits per heavy atom. The molecule has 1 unspecified atom stereocenters. The Bertz CT molecular complexity index is 363. The molecule has 1 aromatic heterocycles. The predicted molar refractivity (Wildman–Crippen MR) is 74.9 cm³/mol. The molecule has 1 atom stereocenters. The van der Waals surface area contributed by atoms with Crippen LogP contribution in [-0.4, -0.2) is 47.1 Å². The molecule has 0 aromatic carbocycles. The minimum atomic E-state index is 0.735. The van der Waals surface area contributed by atoms with Crippen molar-refractivity contribution in [3.8, 4) is 0 Å². The highest BCUT2D eigenvalue weighted by Gasteiger charge is 2.31. The molecule has 4 heteroatoms. The molecule has 100 valence electrons. The van der Waals surface area contributed by atoms with Gasteiger partial charge in [0, 0.05) is 38.1 Å². The van der Waals surface area contributed by atoms with E-state index in [1.807, 2.05) is 33.2 Å². The molecule has 2 fully saturated rings. The van der Waals surface area contributed by atoms with Gasteiger partial charge in [0.2, 0.25) is 5.95 Å². The zero-order chi connectivity index (χ0) is 13.0. The van der Waals surface area contributed by atoms with Gasteiger partial charge in [0.05, 0.1) is 0 Å². The molecule has 18 heavy (non-hydrogen) atoms. The van der Waals surface area contributed by atoms with Gasteiger partial charge in [-0.3, -0.25) is 4.90 Å². The first kappa shape index (κ1) is 13.3. The molecular weight excluding hydrogens is 224 g/mol. The number of piperazine rings is 1. The van der Waals surface area contributed by atoms with Crippen molar-refractivity contribution < 1.29 is 0 Å². The maximum absolute atomic E-state index is 4.41. The van der Waals surface area contributed by atoms with Gasteiger partial charge in [0.1, 0.15) is 0 Å². The average molecular weight is 248 g/mol. The first-order valence-corrected chi connectivity index (χ1v) is 7.10. The van der Waals surface area contributed by atoms with Crippen molar-refractivity contribution in [3.63, 3.8) is 0 Å². The van der Waals surface area contributed by atoms with Gasteiger partial charge >= 0.3 is 0 Å². The summed E-state index contributed by atoms with van der Waals surface area (Å²) in [5, 5.41) is 0. The molecule has 0 N–H and O–H groups in total. The third-order valence-corrected chi connectivity index (χ3v) is 3.64. The summed E-state index contributed by atoms with van der Waals surface area (Å²) in [5.41, 5.74) is 1.13. The third kappa shape index (κ3) is 2.80. The molecule has 0 amide bonds. The summed E-state index contributed by atoms with van der Waals surface area (Å²) in [6, 6.07) is 0.735. The minimum Gasteiger partial charge on any atom is -0.338 e. The fourth-order valence-corrected chi connectivity index (χ4v) is 2.72. The third-order valence-electron chi connectivity index (χ3n) is 3.64. The maximum Gasteiger partial charge on any atom is 0.225 e. The van der Waals surface area contributed by atoms with E-state index >= 15 is 0 Å². The second-order valence-corrected chi connectivity index (χ2v) is 4.84. The van der Waals surface area contributed by atoms with Crippen molar-refractivity contribution in [1.82, 2.24) is 14.9 Å². The van der Waals surface area contributed by atoms with E-state index in [0.717, 1.165) is 30.6 Å². The van der Waals surface area contributed by atoms with Gasteiger partial charge in [0.25, 0.3) is 0 Å². The van der Waals surface area contributed by atoms with Crippen LogP contribution >= 0.6 is 0 Å². The molecule has 0 saturated carbocycles. The van der Waals surface area contributed by atoms with Crippen LogP contribution in [0.5, 0.6) is 0 Å². The van der Waals surface area contributed by atoms with E-state index < -0.39 is 0 Å². The van der Waals surface area contributed by atoms with Gasteiger partial charge in [-0.1, -0.05) is 13.8 Å². The van der Waals surface area contributed by atoms with Crippen LogP contribution in [0.2, 0.25) is 0 Å². The Kier molecular flexibility index (Phi) is 4.53. The molecule has 0 radical (unpaired) electrons. The predicted octanol–water partition coefficient (Wildman–Crippen LogP) is 2.10. The molecule has 0 bridgehead atoms. The van der Waals surface area contributed by atoms with Crippen LogP contribution in [0.25, 0.3) is 0 Å². The monoisotopic (exact) mass is 248 g/mol. The SMILES string of the molecule is CC.Cc1cnc(N2CCN3CCCC3C2)nc1. The maximum atomic E-state index is 4.41. The lowest BCUT2D eigenvalue weighted by atomic mass is 10.2. The number of fused-ring (bicyclic) bond motifs is 1. The summed E-state index contributed by atoms with van der Waals surface area (Å²) in [6.07, 6.45) is 6.50. The smallest absolute Gasteiger partial charge is 0.225 e. The van der Waals surface area contributed by atoms with E-state index in [0.29, 0.717) is 0 Å². The highest BCUT2D eigenvalue weighted by Crippen LogP contribution is 2.23. The van der Waals surface area contributed by atoms with Gasteiger partial charge in [0.15, 0.2) is 0 Å². The summed E-state index contributed by atoms with van der Waals surface area (Å²) in [6.45, 7) is 10.6. The molecule has 3 heterocycles. The molecule has 0 aliphatic carbocycles. The topological polar surface area (TPSA) is 32.3 Å². The lowest BCUT2D eigenvalue weighted by Gasteiger charge is -2.37. The van der Waals surface area contributed by atoms with E-state index in [2.05, 4.69) is 19.8 Å². The molecule has 2 saturated heterocycles. The minimum absolute atomic E-state index is 0.735. The van der Waals surface area contributed by atoms with Crippen molar-refractivity contribution in [2.45, 2.75) is 39.7 Å². The van der Waals surface area contributed by atoms with Crippen LogP contribution < -0.4 is 4.90 Å². The summed E-state index contributed by atoms with van der Waals surface area (Å²) in [7, 11) is 0. The fraction of sp³-hybridized carbons (Fsp3) is 0.714. The van der Waals surface area contributed by atoms with Crippen LogP contribution in [0.1, 0.15) is 32.3 Å². The molecular formula is C14H24N4. The fourth-order valence-electron chi connectivity index (χ4n) is 2.72. The molecule has 0 spiro atoms. The van der Waals surface area contributed by atoms with E-state index in [4.69, 9.17) is 0 Å². The second kappa shape index (κ2) is 6.14. The number of anilines is 1. The summed E-state index contributed by atoms with van der Waals surface area (Å²) < 4.78 is 0. The van der Waals surface area contributed by atoms with Crippen molar-refractivity contribution in [3.05, 3.63) is 18.0 Å². The highest BCUT2D eigenvalue weighted by atomic mass is 15.3. The summed E-state index contributed by atoms with van der Waals surface area (Å²) in [5.74, 6) is 0.900. The van der Waals surface area contributed by atoms with Crippen LogP contribution in [0.3, 0.4) is 0 Å². The quantitative estimate of drug-likeness (QED) is 0.762. The Morgan fingerprint density at radius 2 is 1.83 bits per heavy atom. The number of hydrogen-bond acceptors (Lipinski definition) is 4. The number of hydrogen-bond donors (Lipinski definition) is 0. The summed E-state index contributed by atoms with van der Waals surface area (Å²) >= 11 is 0. The first-order valence-electron chi connectivity index (χ1n) is 7.10. The van der Waals surface area contributed by atoms with Crippen molar-refractivity contribution in [1.29, 1.82) is 0 Å². The molecule has 2 aliphatic heterocycles. The molecule has 2 aliphatic rings. The summed E-state index contributed by atoms with van der Waals surface area (Å²) in [4.78, 5) is 13.8. The van der Waals surface area contributed by atoms with Gasteiger partial charge in [-0.2, -0.15) is 0 Å². The van der Waals surface area contributed by atoms with Crippen LogP contribution in [0, 0.1) is 6.92 Å². The number of aromatic nitrogens is 2. The zero-order valence-corrected chi connectivity index (χ0v) is 11.8. The Labute approximate surface area is 110 Å². The normalized spacial score (nSPS) is 23.3. The highest BCUT2D eigenvalue weighted by molar-refractivity contribution is 5.31. The van der Waals surface area contributed by atoms with E-state index in [1.165, 1.54) is 25.9 Å². The largest absolute Gasteiger partial charge is 0.338 e. The van der Waals surface area contributed by atoms with Gasteiger partial charge in [-0.15, -0.1) is 0 Å². The van der Waals surface area contributed by atoms with E-state index in [1.54, 1.807) is 0 Å². The number of nitrogens with zero attached hydrogens (tertiary/aromatic N) is 4. The standard InChI is InChI=1S/C12H18N4.C2H6/c1-10-7-13-12(14-8-10)16-6-5-15-4-2-3-11(15)9-16;1-2/h7-8,11H,2-6,9H2,1H3;1-2H3. The van der Waals surface area contributed by atoms with Crippen LogP contribution in [-0.2, 0) is 0 Å². The van der Waals surface area contributed by atoms with Crippen LogP contribution in [0.4, 0.5) is 5.95 Å². The lowest BCUT2D eigenvalue weighted by Crippen LogP contribution is -2.50. The molecule has 4 nitrogen and oxygen atoms in total. The van der Waals surface area contributed by atoms with E-state index in [9.17, 15) is 0 Å².